The Kier molecular flexibility index (Phi) is 11.4. The molecule has 216 valence electrons. The number of rotatable bonds is 14. The molecule has 2 aromatic carbocycles. The number of hydrogen-bond donors (Lipinski definition) is 1. The van der Waals surface area contributed by atoms with E-state index in [0.717, 1.165) is 80.5 Å². The molecule has 1 aliphatic heterocycles. The molecule has 0 aliphatic carbocycles. The van der Waals surface area contributed by atoms with Crippen molar-refractivity contribution in [2.75, 3.05) is 37.7 Å². The summed E-state index contributed by atoms with van der Waals surface area (Å²) in [6, 6.07) is 15.1. The molecule has 1 saturated heterocycles. The molecule has 1 amide bonds. The van der Waals surface area contributed by atoms with E-state index in [0.29, 0.717) is 19.4 Å². The average molecular weight is 563 g/mol. The Labute approximate surface area is 244 Å². The number of nitrogens with one attached hydrogen (secondary N) is 1. The number of amides is 1. The third-order valence-electron chi connectivity index (χ3n) is 7.65. The van der Waals surface area contributed by atoms with E-state index in [1.54, 1.807) is 11.3 Å². The Bertz CT molecular complexity index is 1200. The molecule has 1 fully saturated rings. The first-order chi connectivity index (χ1) is 19.4. The van der Waals surface area contributed by atoms with Gasteiger partial charge in [-0.1, -0.05) is 32.0 Å². The highest BCUT2D eigenvalue weighted by Crippen LogP contribution is 2.29. The highest BCUT2D eigenvalue weighted by atomic mass is 32.1. The second-order valence-corrected chi connectivity index (χ2v) is 11.9. The van der Waals surface area contributed by atoms with Gasteiger partial charge < -0.3 is 15.0 Å². The molecular formula is C33H46N4O2S. The molecular weight excluding hydrogens is 516 g/mol. The molecule has 6 nitrogen and oxygen atoms in total. The smallest absolute Gasteiger partial charge is 0.220 e. The van der Waals surface area contributed by atoms with Crippen LogP contribution in [0.15, 0.2) is 47.8 Å². The van der Waals surface area contributed by atoms with Crippen molar-refractivity contribution in [1.82, 2.24) is 15.2 Å². The van der Waals surface area contributed by atoms with Crippen LogP contribution < -0.4 is 15.0 Å². The summed E-state index contributed by atoms with van der Waals surface area (Å²) in [5, 5.41) is 6.47. The Morgan fingerprint density at radius 2 is 1.77 bits per heavy atom. The van der Waals surface area contributed by atoms with Crippen molar-refractivity contribution in [3.05, 3.63) is 64.5 Å². The van der Waals surface area contributed by atoms with E-state index in [2.05, 4.69) is 78.5 Å². The van der Waals surface area contributed by atoms with Gasteiger partial charge in [0.15, 0.2) is 5.13 Å². The van der Waals surface area contributed by atoms with E-state index in [4.69, 9.17) is 9.72 Å². The zero-order valence-electron chi connectivity index (χ0n) is 24.7. The molecule has 3 aromatic rings. The molecule has 0 radical (unpaired) electrons. The van der Waals surface area contributed by atoms with Crippen LogP contribution in [0.3, 0.4) is 0 Å². The molecule has 0 spiro atoms. The third-order valence-corrected chi connectivity index (χ3v) is 8.55. The zero-order chi connectivity index (χ0) is 28.3. The van der Waals surface area contributed by atoms with Gasteiger partial charge >= 0.3 is 0 Å². The van der Waals surface area contributed by atoms with Crippen LogP contribution in [0.1, 0.15) is 69.1 Å². The lowest BCUT2D eigenvalue weighted by Gasteiger charge is -2.32. The van der Waals surface area contributed by atoms with E-state index < -0.39 is 0 Å². The fraction of sp³-hybridized carbons (Fsp3) is 0.515. The molecule has 1 aliphatic rings. The first kappa shape index (κ1) is 30.1. The number of anilines is 1. The van der Waals surface area contributed by atoms with E-state index >= 15 is 0 Å². The molecule has 0 bridgehead atoms. The monoisotopic (exact) mass is 562 g/mol. The van der Waals surface area contributed by atoms with E-state index in [9.17, 15) is 4.79 Å². The molecule has 1 aromatic heterocycles. The van der Waals surface area contributed by atoms with Gasteiger partial charge in [-0.3, -0.25) is 9.69 Å². The predicted octanol–water partition coefficient (Wildman–Crippen LogP) is 6.99. The van der Waals surface area contributed by atoms with Crippen LogP contribution in [0.5, 0.6) is 5.75 Å². The first-order valence-electron chi connectivity index (χ1n) is 15.0. The number of piperidine rings is 1. The summed E-state index contributed by atoms with van der Waals surface area (Å²) in [6.07, 6.45) is 5.46. The van der Waals surface area contributed by atoms with E-state index in [-0.39, 0.29) is 11.9 Å². The van der Waals surface area contributed by atoms with Crippen molar-refractivity contribution in [2.45, 2.75) is 78.8 Å². The van der Waals surface area contributed by atoms with Crippen molar-refractivity contribution in [1.29, 1.82) is 0 Å². The van der Waals surface area contributed by atoms with Crippen LogP contribution in [0.25, 0.3) is 11.3 Å². The summed E-state index contributed by atoms with van der Waals surface area (Å²) < 4.78 is 5.92. The summed E-state index contributed by atoms with van der Waals surface area (Å²) in [4.78, 5) is 22.2. The van der Waals surface area contributed by atoms with Gasteiger partial charge in [0.25, 0.3) is 0 Å². The zero-order valence-corrected chi connectivity index (χ0v) is 25.6. The quantitative estimate of drug-likeness (QED) is 0.215. The lowest BCUT2D eigenvalue weighted by atomic mass is 10.0. The molecule has 1 N–H and O–H groups in total. The minimum atomic E-state index is 0.131. The number of carbonyl (C=O) groups is 1. The van der Waals surface area contributed by atoms with Gasteiger partial charge in [-0.2, -0.15) is 0 Å². The maximum absolute atomic E-state index is 12.5. The molecule has 40 heavy (non-hydrogen) atoms. The Hall–Kier alpha value is -2.90. The number of aryl methyl sites for hydroxylation is 2. The molecule has 2 heterocycles. The first-order valence-corrected chi connectivity index (χ1v) is 15.8. The predicted molar refractivity (Wildman–Crippen MR) is 167 cm³/mol. The summed E-state index contributed by atoms with van der Waals surface area (Å²) in [5.74, 6) is 0.959. The maximum atomic E-state index is 12.5. The fourth-order valence-corrected chi connectivity index (χ4v) is 6.11. The SMILES string of the molecule is CCCN(CCC)c1nc(-c2ccc(OCCCC(=O)NC3CCN(Cc4ccc(C)c(C)c4)CC3)cc2)cs1. The summed E-state index contributed by atoms with van der Waals surface area (Å²) in [6.45, 7) is 14.4. The topological polar surface area (TPSA) is 57.7 Å². The van der Waals surface area contributed by atoms with Crippen LogP contribution in [0, 0.1) is 13.8 Å². The Morgan fingerprint density at radius 1 is 1.05 bits per heavy atom. The number of benzene rings is 2. The minimum absolute atomic E-state index is 0.131. The van der Waals surface area contributed by atoms with E-state index in [1.807, 2.05) is 12.1 Å². The normalized spacial score (nSPS) is 14.3. The highest BCUT2D eigenvalue weighted by molar-refractivity contribution is 7.14. The summed E-state index contributed by atoms with van der Waals surface area (Å²) in [7, 11) is 0. The van der Waals surface area contributed by atoms with Crippen molar-refractivity contribution >= 4 is 22.4 Å². The molecule has 4 rings (SSSR count). The van der Waals surface area contributed by atoms with Gasteiger partial charge in [-0.25, -0.2) is 4.98 Å². The largest absolute Gasteiger partial charge is 0.494 e. The summed E-state index contributed by atoms with van der Waals surface area (Å²) >= 11 is 1.71. The molecule has 0 saturated carbocycles. The van der Waals surface area contributed by atoms with Crippen LogP contribution in [-0.2, 0) is 11.3 Å². The fourth-order valence-electron chi connectivity index (χ4n) is 5.23. The number of thiazole rings is 1. The number of nitrogens with zero attached hydrogens (tertiary/aromatic N) is 3. The van der Waals surface area contributed by atoms with Gasteiger partial charge in [-0.15, -0.1) is 11.3 Å². The average Bonchev–Trinajstić information content (AvgIpc) is 3.45. The van der Waals surface area contributed by atoms with Gasteiger partial charge in [0.05, 0.1) is 12.3 Å². The van der Waals surface area contributed by atoms with Crippen molar-refractivity contribution in [3.63, 3.8) is 0 Å². The minimum Gasteiger partial charge on any atom is -0.494 e. The highest BCUT2D eigenvalue weighted by Gasteiger charge is 2.20. The lowest BCUT2D eigenvalue weighted by Crippen LogP contribution is -2.44. The second kappa shape index (κ2) is 15.2. The maximum Gasteiger partial charge on any atom is 0.220 e. The van der Waals surface area contributed by atoms with Crippen LogP contribution in [-0.4, -0.2) is 54.6 Å². The molecule has 0 unspecified atom stereocenters. The number of ether oxygens (including phenoxy) is 1. The van der Waals surface area contributed by atoms with Gasteiger partial charge in [-0.05, 0) is 86.9 Å². The number of hydrogen-bond acceptors (Lipinski definition) is 6. The van der Waals surface area contributed by atoms with Crippen molar-refractivity contribution in [3.8, 4) is 17.0 Å². The van der Waals surface area contributed by atoms with E-state index in [1.165, 1.54) is 16.7 Å². The van der Waals surface area contributed by atoms with Gasteiger partial charge in [0.2, 0.25) is 5.91 Å². The van der Waals surface area contributed by atoms with Crippen molar-refractivity contribution < 1.29 is 9.53 Å². The lowest BCUT2D eigenvalue weighted by molar-refractivity contribution is -0.122. The Balaban J connectivity index is 1.13. The van der Waals surface area contributed by atoms with Crippen LogP contribution in [0.4, 0.5) is 5.13 Å². The summed E-state index contributed by atoms with van der Waals surface area (Å²) in [5.41, 5.74) is 6.18. The second-order valence-electron chi connectivity index (χ2n) is 11.0. The molecule has 7 heteroatoms. The molecule has 0 atom stereocenters. The van der Waals surface area contributed by atoms with Gasteiger partial charge in [0.1, 0.15) is 5.75 Å². The third kappa shape index (κ3) is 8.80. The van der Waals surface area contributed by atoms with Gasteiger partial charge in [0, 0.05) is 56.1 Å². The van der Waals surface area contributed by atoms with Crippen molar-refractivity contribution in [2.24, 2.45) is 0 Å². The standard InChI is InChI=1S/C33H46N4O2S/c1-5-17-37(18-6-2)33-35-31(24-40-33)28-11-13-30(14-12-28)39-21-7-8-32(38)34-29-15-19-36(20-16-29)23-27-10-9-25(3)26(4)22-27/h9-14,22,24,29H,5-8,15-21,23H2,1-4H3,(H,34,38). The number of aromatic nitrogens is 1. The number of carbonyl (C=O) groups excluding carboxylic acids is 1. The van der Waals surface area contributed by atoms with Crippen LogP contribution >= 0.6 is 11.3 Å². The Morgan fingerprint density at radius 3 is 2.45 bits per heavy atom. The number of likely N-dealkylation sites (tertiary alicyclic amines) is 1. The van der Waals surface area contributed by atoms with Crippen LogP contribution in [0.2, 0.25) is 0 Å².